The second-order valence-electron chi connectivity index (χ2n) is 7.47. The lowest BCUT2D eigenvalue weighted by atomic mass is 10.2. The van der Waals surface area contributed by atoms with Crippen molar-refractivity contribution < 1.29 is 0 Å². The molecule has 1 aliphatic rings. The minimum absolute atomic E-state index is 0.617. The van der Waals surface area contributed by atoms with Crippen molar-refractivity contribution in [3.8, 4) is 0 Å². The van der Waals surface area contributed by atoms with E-state index in [4.69, 9.17) is 0 Å². The number of piperazine rings is 1. The molecule has 0 spiro atoms. The first kappa shape index (κ1) is 18.8. The summed E-state index contributed by atoms with van der Waals surface area (Å²) in [6.07, 6.45) is 3.94. The number of rotatable bonds is 6. The summed E-state index contributed by atoms with van der Waals surface area (Å²) >= 11 is 0. The number of aliphatic imine (C=N–C) groups is 1. The van der Waals surface area contributed by atoms with Crippen molar-refractivity contribution in [3.63, 3.8) is 0 Å². The van der Waals surface area contributed by atoms with Crippen LogP contribution < -0.4 is 5.32 Å². The van der Waals surface area contributed by atoms with Gasteiger partial charge in [-0.1, -0.05) is 27.7 Å². The topological polar surface area (TPSA) is 48.7 Å². The maximum Gasteiger partial charge on any atom is 0.194 e. The average molecular weight is 335 g/mol. The molecule has 0 bridgehead atoms. The van der Waals surface area contributed by atoms with Crippen LogP contribution in [0.4, 0.5) is 0 Å². The molecule has 0 saturated carbocycles. The Morgan fingerprint density at radius 2 is 1.79 bits per heavy atom. The van der Waals surface area contributed by atoms with Gasteiger partial charge in [-0.25, -0.2) is 4.98 Å². The third kappa shape index (κ3) is 5.51. The van der Waals surface area contributed by atoms with E-state index in [0.29, 0.717) is 5.92 Å². The van der Waals surface area contributed by atoms with E-state index in [-0.39, 0.29) is 0 Å². The van der Waals surface area contributed by atoms with E-state index >= 15 is 0 Å². The summed E-state index contributed by atoms with van der Waals surface area (Å²) in [6, 6.07) is 0. The molecule has 0 unspecified atom stereocenters. The van der Waals surface area contributed by atoms with Gasteiger partial charge in [0.25, 0.3) is 0 Å². The first-order valence-corrected chi connectivity index (χ1v) is 9.17. The van der Waals surface area contributed by atoms with Gasteiger partial charge in [-0.15, -0.1) is 0 Å². The van der Waals surface area contributed by atoms with E-state index in [0.717, 1.165) is 57.0 Å². The molecule has 1 aromatic heterocycles. The number of nitrogens with zero attached hydrogens (tertiary/aromatic N) is 5. The normalized spacial score (nSPS) is 17.1. The van der Waals surface area contributed by atoms with Crippen molar-refractivity contribution in [2.45, 2.75) is 40.8 Å². The molecule has 0 aromatic carbocycles. The van der Waals surface area contributed by atoms with Gasteiger partial charge in [0.1, 0.15) is 5.82 Å². The zero-order valence-electron chi connectivity index (χ0n) is 16.0. The van der Waals surface area contributed by atoms with E-state index in [1.54, 1.807) is 0 Å². The zero-order chi connectivity index (χ0) is 17.5. The van der Waals surface area contributed by atoms with Gasteiger partial charge in [0.2, 0.25) is 0 Å². The lowest BCUT2D eigenvalue weighted by Crippen LogP contribution is -2.52. The fourth-order valence-corrected chi connectivity index (χ4v) is 3.22. The first-order valence-electron chi connectivity index (χ1n) is 9.17. The summed E-state index contributed by atoms with van der Waals surface area (Å²) in [7, 11) is 1.86. The minimum Gasteiger partial charge on any atom is -0.349 e. The molecule has 0 amide bonds. The maximum atomic E-state index is 4.48. The molecule has 0 aliphatic carbocycles. The van der Waals surface area contributed by atoms with Gasteiger partial charge >= 0.3 is 0 Å². The predicted molar refractivity (Wildman–Crippen MR) is 100 cm³/mol. The van der Waals surface area contributed by atoms with E-state index in [1.807, 2.05) is 13.2 Å². The Labute approximate surface area is 147 Å². The second kappa shape index (κ2) is 9.06. The molecule has 0 atom stereocenters. The highest BCUT2D eigenvalue weighted by atomic mass is 15.3. The second-order valence-corrected chi connectivity index (χ2v) is 7.47. The lowest BCUT2D eigenvalue weighted by Gasteiger charge is -2.37. The van der Waals surface area contributed by atoms with Crippen molar-refractivity contribution in [1.29, 1.82) is 0 Å². The quantitative estimate of drug-likeness (QED) is 0.637. The molecule has 1 aromatic rings. The first-order chi connectivity index (χ1) is 11.5. The largest absolute Gasteiger partial charge is 0.349 e. The molecule has 0 radical (unpaired) electrons. The van der Waals surface area contributed by atoms with Crippen LogP contribution in [-0.2, 0) is 13.1 Å². The Kier molecular flexibility index (Phi) is 7.09. The highest BCUT2D eigenvalue weighted by molar-refractivity contribution is 5.79. The SMILES string of the molecule is CN=C(NCc1nccn1CC(C)C)N1CCN(CC(C)C)CC1. The fraction of sp³-hybridized carbons (Fsp3) is 0.778. The summed E-state index contributed by atoms with van der Waals surface area (Å²) in [5.74, 6) is 3.40. The Morgan fingerprint density at radius 3 is 2.38 bits per heavy atom. The van der Waals surface area contributed by atoms with Gasteiger partial charge in [-0.05, 0) is 11.8 Å². The van der Waals surface area contributed by atoms with Crippen molar-refractivity contribution >= 4 is 5.96 Å². The maximum absolute atomic E-state index is 4.48. The molecule has 1 aliphatic heterocycles. The Morgan fingerprint density at radius 1 is 1.12 bits per heavy atom. The van der Waals surface area contributed by atoms with Crippen molar-refractivity contribution in [2.75, 3.05) is 39.8 Å². The van der Waals surface area contributed by atoms with Gasteiger partial charge in [-0.2, -0.15) is 0 Å². The van der Waals surface area contributed by atoms with Gasteiger partial charge in [0, 0.05) is 58.7 Å². The van der Waals surface area contributed by atoms with Crippen LogP contribution in [0.3, 0.4) is 0 Å². The van der Waals surface area contributed by atoms with E-state index in [9.17, 15) is 0 Å². The molecule has 6 nitrogen and oxygen atoms in total. The van der Waals surface area contributed by atoms with Crippen LogP contribution in [0.1, 0.15) is 33.5 Å². The molecule has 2 rings (SSSR count). The molecule has 1 N–H and O–H groups in total. The fourth-order valence-electron chi connectivity index (χ4n) is 3.22. The van der Waals surface area contributed by atoms with Crippen LogP contribution in [-0.4, -0.2) is 65.1 Å². The Bertz CT molecular complexity index is 511. The number of imidazole rings is 1. The molecular formula is C18H34N6. The summed E-state index contributed by atoms with van der Waals surface area (Å²) in [6.45, 7) is 16.2. The number of nitrogens with one attached hydrogen (secondary N) is 1. The van der Waals surface area contributed by atoms with E-state index < -0.39 is 0 Å². The molecular weight excluding hydrogens is 300 g/mol. The summed E-state index contributed by atoms with van der Waals surface area (Å²) in [5.41, 5.74) is 0. The summed E-state index contributed by atoms with van der Waals surface area (Å²) < 4.78 is 2.23. The van der Waals surface area contributed by atoms with Gasteiger partial charge in [-0.3, -0.25) is 9.89 Å². The molecule has 136 valence electrons. The third-order valence-corrected chi connectivity index (χ3v) is 4.28. The van der Waals surface area contributed by atoms with Gasteiger partial charge in [0.15, 0.2) is 5.96 Å². The Hall–Kier alpha value is -1.56. The Balaban J connectivity index is 1.84. The average Bonchev–Trinajstić information content (AvgIpc) is 2.95. The van der Waals surface area contributed by atoms with Crippen molar-refractivity contribution in [1.82, 2.24) is 24.7 Å². The third-order valence-electron chi connectivity index (χ3n) is 4.28. The lowest BCUT2D eigenvalue weighted by molar-refractivity contribution is 0.164. The van der Waals surface area contributed by atoms with Gasteiger partial charge < -0.3 is 14.8 Å². The highest BCUT2D eigenvalue weighted by Gasteiger charge is 2.20. The monoisotopic (exact) mass is 334 g/mol. The number of guanidine groups is 1. The molecule has 2 heterocycles. The van der Waals surface area contributed by atoms with Crippen LogP contribution >= 0.6 is 0 Å². The number of hydrogen-bond acceptors (Lipinski definition) is 3. The van der Waals surface area contributed by atoms with Crippen molar-refractivity contribution in [2.24, 2.45) is 16.8 Å². The van der Waals surface area contributed by atoms with Crippen LogP contribution in [0, 0.1) is 11.8 Å². The smallest absolute Gasteiger partial charge is 0.194 e. The number of hydrogen-bond donors (Lipinski definition) is 1. The predicted octanol–water partition coefficient (Wildman–Crippen LogP) is 1.89. The van der Waals surface area contributed by atoms with E-state index in [2.05, 4.69) is 63.6 Å². The van der Waals surface area contributed by atoms with Crippen LogP contribution in [0.25, 0.3) is 0 Å². The van der Waals surface area contributed by atoms with Crippen LogP contribution in [0.5, 0.6) is 0 Å². The number of aromatic nitrogens is 2. The minimum atomic E-state index is 0.617. The standard InChI is InChI=1S/C18H34N6/c1-15(2)13-22-8-10-23(11-9-22)18(19-5)21-12-17-20-6-7-24(17)14-16(3)4/h6-7,15-16H,8-14H2,1-5H3,(H,19,21). The van der Waals surface area contributed by atoms with Crippen molar-refractivity contribution in [3.05, 3.63) is 18.2 Å². The van der Waals surface area contributed by atoms with E-state index in [1.165, 1.54) is 6.54 Å². The molecule has 24 heavy (non-hydrogen) atoms. The van der Waals surface area contributed by atoms with Crippen LogP contribution in [0.15, 0.2) is 17.4 Å². The molecule has 6 heteroatoms. The summed E-state index contributed by atoms with van der Waals surface area (Å²) in [4.78, 5) is 13.8. The van der Waals surface area contributed by atoms with Gasteiger partial charge in [0.05, 0.1) is 6.54 Å². The van der Waals surface area contributed by atoms with Crippen LogP contribution in [0.2, 0.25) is 0 Å². The molecule has 1 saturated heterocycles. The highest BCUT2D eigenvalue weighted by Crippen LogP contribution is 2.07. The zero-order valence-corrected chi connectivity index (χ0v) is 16.0. The summed E-state index contributed by atoms with van der Waals surface area (Å²) in [5, 5.41) is 3.48. The molecule has 1 fully saturated rings.